The third kappa shape index (κ3) is 1.55. The van der Waals surface area contributed by atoms with Crippen LogP contribution in [0.25, 0.3) is 0 Å². The normalized spacial score (nSPS) is 31.1. The average molecular weight is 204 g/mol. The maximum Gasteiger partial charge on any atom is 0.315 e. The second-order valence-electron chi connectivity index (χ2n) is 4.00. The van der Waals surface area contributed by atoms with Gasteiger partial charge in [0.2, 0.25) is 0 Å². The van der Waals surface area contributed by atoms with Crippen LogP contribution in [0.5, 0.6) is 0 Å². The molecular formula is C9H16O5. The minimum atomic E-state index is -1.99. The summed E-state index contributed by atoms with van der Waals surface area (Å²) in [5.74, 6) is -2.70. The third-order valence-electron chi connectivity index (χ3n) is 2.87. The molecule has 14 heavy (non-hydrogen) atoms. The lowest BCUT2D eigenvalue weighted by Crippen LogP contribution is -2.69. The van der Waals surface area contributed by atoms with Crippen LogP contribution in [0.15, 0.2) is 0 Å². The number of ether oxygens (including phenoxy) is 2. The van der Waals surface area contributed by atoms with Gasteiger partial charge >= 0.3 is 5.97 Å². The Morgan fingerprint density at radius 2 is 1.71 bits per heavy atom. The maximum absolute atomic E-state index is 9.54. The Bertz CT molecular complexity index is 201. The Hall–Kier alpha value is -0.200. The van der Waals surface area contributed by atoms with Gasteiger partial charge in [-0.05, 0) is 12.8 Å². The minimum absolute atomic E-state index is 0.577. The molecule has 0 bridgehead atoms. The van der Waals surface area contributed by atoms with Crippen LogP contribution in [-0.4, -0.2) is 39.8 Å². The van der Waals surface area contributed by atoms with Gasteiger partial charge in [-0.2, -0.15) is 0 Å². The van der Waals surface area contributed by atoms with Crippen molar-refractivity contribution in [2.24, 2.45) is 0 Å². The minimum Gasteiger partial charge on any atom is -0.393 e. The van der Waals surface area contributed by atoms with Crippen LogP contribution in [0.2, 0.25) is 0 Å². The van der Waals surface area contributed by atoms with E-state index >= 15 is 0 Å². The molecule has 5 heteroatoms. The van der Waals surface area contributed by atoms with Crippen molar-refractivity contribution in [3.63, 3.8) is 0 Å². The molecule has 1 atom stereocenters. The van der Waals surface area contributed by atoms with Crippen LogP contribution in [0, 0.1) is 0 Å². The van der Waals surface area contributed by atoms with Crippen molar-refractivity contribution >= 4 is 0 Å². The highest BCUT2D eigenvalue weighted by Gasteiger charge is 2.60. The van der Waals surface area contributed by atoms with Crippen molar-refractivity contribution in [2.45, 2.75) is 50.0 Å². The molecule has 82 valence electrons. The number of aliphatic hydroxyl groups excluding tert-OH is 2. The summed E-state index contributed by atoms with van der Waals surface area (Å²) >= 11 is 0. The van der Waals surface area contributed by atoms with Crippen molar-refractivity contribution in [2.75, 3.05) is 6.61 Å². The molecule has 0 radical (unpaired) electrons. The summed E-state index contributed by atoms with van der Waals surface area (Å²) in [6, 6.07) is 0. The van der Waals surface area contributed by atoms with Crippen LogP contribution >= 0.6 is 0 Å². The van der Waals surface area contributed by atoms with Crippen molar-refractivity contribution in [1.82, 2.24) is 0 Å². The molecule has 2 rings (SSSR count). The summed E-state index contributed by atoms with van der Waals surface area (Å²) in [7, 11) is 0. The molecule has 1 unspecified atom stereocenters. The van der Waals surface area contributed by atoms with E-state index in [0.717, 1.165) is 32.1 Å². The zero-order valence-electron chi connectivity index (χ0n) is 7.98. The summed E-state index contributed by atoms with van der Waals surface area (Å²) in [6.45, 7) is -0.577. The van der Waals surface area contributed by atoms with Gasteiger partial charge in [-0.25, -0.2) is 0 Å². The van der Waals surface area contributed by atoms with Gasteiger partial charge in [0.15, 0.2) is 11.9 Å². The lowest BCUT2D eigenvalue weighted by molar-refractivity contribution is -0.600. The summed E-state index contributed by atoms with van der Waals surface area (Å²) in [4.78, 5) is 0. The molecule has 1 aliphatic carbocycles. The first-order valence-electron chi connectivity index (χ1n) is 5.02. The number of hydrogen-bond donors (Lipinski definition) is 3. The highest BCUT2D eigenvalue weighted by atomic mass is 17.0. The first kappa shape index (κ1) is 10.3. The van der Waals surface area contributed by atoms with E-state index in [1.807, 2.05) is 0 Å². The average Bonchev–Trinajstić information content (AvgIpc) is 2.16. The molecule has 0 amide bonds. The standard InChI is InChI=1S/C9H16O5/c10-6-7(11)9(12)13-8(14-9)4-2-1-3-5-8/h7,10-12H,1-6H2. The molecule has 1 heterocycles. The van der Waals surface area contributed by atoms with E-state index in [1.165, 1.54) is 0 Å². The van der Waals surface area contributed by atoms with Crippen LogP contribution in [0.4, 0.5) is 0 Å². The van der Waals surface area contributed by atoms with E-state index in [2.05, 4.69) is 0 Å². The summed E-state index contributed by atoms with van der Waals surface area (Å²) < 4.78 is 10.5. The van der Waals surface area contributed by atoms with Crippen LogP contribution in [-0.2, 0) is 9.47 Å². The molecule has 5 nitrogen and oxygen atoms in total. The third-order valence-corrected chi connectivity index (χ3v) is 2.87. The van der Waals surface area contributed by atoms with Gasteiger partial charge in [-0.15, -0.1) is 0 Å². The molecular weight excluding hydrogens is 188 g/mol. The number of aliphatic hydroxyl groups is 3. The van der Waals surface area contributed by atoms with Gasteiger partial charge in [0.05, 0.1) is 6.61 Å². The van der Waals surface area contributed by atoms with Crippen molar-refractivity contribution < 1.29 is 24.8 Å². The highest BCUT2D eigenvalue weighted by molar-refractivity contribution is 4.88. The molecule has 0 aromatic carbocycles. The molecule has 2 aliphatic rings. The van der Waals surface area contributed by atoms with E-state index < -0.39 is 24.5 Å². The van der Waals surface area contributed by atoms with Crippen molar-refractivity contribution in [3.05, 3.63) is 0 Å². The molecule has 1 spiro atoms. The maximum atomic E-state index is 9.54. The van der Waals surface area contributed by atoms with Gasteiger partial charge < -0.3 is 15.3 Å². The number of hydrogen-bond acceptors (Lipinski definition) is 5. The number of rotatable bonds is 2. The Morgan fingerprint density at radius 3 is 2.21 bits per heavy atom. The molecule has 0 aromatic heterocycles. The molecule has 1 saturated heterocycles. The molecule has 1 saturated carbocycles. The summed E-state index contributed by atoms with van der Waals surface area (Å²) in [6.07, 6.45) is 3.25. The fourth-order valence-electron chi connectivity index (χ4n) is 2.09. The monoisotopic (exact) mass is 204 g/mol. The van der Waals surface area contributed by atoms with Gasteiger partial charge in [-0.1, -0.05) is 6.42 Å². The zero-order chi connectivity index (χ0) is 10.2. The van der Waals surface area contributed by atoms with E-state index in [9.17, 15) is 10.2 Å². The van der Waals surface area contributed by atoms with E-state index in [4.69, 9.17) is 14.6 Å². The second-order valence-corrected chi connectivity index (χ2v) is 4.00. The highest BCUT2D eigenvalue weighted by Crippen LogP contribution is 2.47. The second kappa shape index (κ2) is 3.43. The largest absolute Gasteiger partial charge is 0.393 e. The fraction of sp³-hybridized carbons (Fsp3) is 1.00. The molecule has 0 aromatic rings. The topological polar surface area (TPSA) is 79.2 Å². The van der Waals surface area contributed by atoms with Crippen LogP contribution < -0.4 is 0 Å². The quantitative estimate of drug-likeness (QED) is 0.575. The Balaban J connectivity index is 1.93. The zero-order valence-corrected chi connectivity index (χ0v) is 7.98. The smallest absolute Gasteiger partial charge is 0.315 e. The van der Waals surface area contributed by atoms with Gasteiger partial charge in [0, 0.05) is 12.8 Å². The summed E-state index contributed by atoms with van der Waals surface area (Å²) in [5, 5.41) is 27.4. The predicted molar refractivity (Wildman–Crippen MR) is 46.0 cm³/mol. The first-order chi connectivity index (χ1) is 6.60. The molecule has 2 fully saturated rings. The van der Waals surface area contributed by atoms with Gasteiger partial charge in [0.25, 0.3) is 0 Å². The predicted octanol–water partition coefficient (Wildman–Crippen LogP) is -0.307. The van der Waals surface area contributed by atoms with E-state index in [-0.39, 0.29) is 0 Å². The van der Waals surface area contributed by atoms with Gasteiger partial charge in [-0.3, -0.25) is 9.47 Å². The van der Waals surface area contributed by atoms with E-state index in [1.54, 1.807) is 0 Å². The van der Waals surface area contributed by atoms with E-state index in [0.29, 0.717) is 0 Å². The Morgan fingerprint density at radius 1 is 1.14 bits per heavy atom. The molecule has 3 N–H and O–H groups in total. The Labute approximate surface area is 82.3 Å². The van der Waals surface area contributed by atoms with Gasteiger partial charge in [0.1, 0.15) is 0 Å². The van der Waals surface area contributed by atoms with Crippen molar-refractivity contribution in [1.29, 1.82) is 0 Å². The van der Waals surface area contributed by atoms with Crippen molar-refractivity contribution in [3.8, 4) is 0 Å². The first-order valence-corrected chi connectivity index (χ1v) is 5.02. The fourth-order valence-corrected chi connectivity index (χ4v) is 2.09. The lowest BCUT2D eigenvalue weighted by Gasteiger charge is -2.55. The van der Waals surface area contributed by atoms with Crippen LogP contribution in [0.3, 0.4) is 0 Å². The SMILES string of the molecule is OCC(O)C1(O)OC2(CCCCC2)O1. The summed E-state index contributed by atoms with van der Waals surface area (Å²) in [5.41, 5.74) is 0. The molecule has 1 aliphatic heterocycles. The Kier molecular flexibility index (Phi) is 2.53. The van der Waals surface area contributed by atoms with Crippen LogP contribution in [0.1, 0.15) is 32.1 Å². The lowest BCUT2D eigenvalue weighted by atomic mass is 9.92.